The van der Waals surface area contributed by atoms with Crippen molar-refractivity contribution >= 4 is 22.6 Å². The molecular formula is C16H18N4O3. The average Bonchev–Trinajstić information content (AvgIpc) is 2.85. The molecule has 7 heteroatoms. The fourth-order valence-electron chi connectivity index (χ4n) is 2.63. The minimum atomic E-state index is -0.261. The molecule has 0 aliphatic heterocycles. The van der Waals surface area contributed by atoms with Crippen LogP contribution >= 0.6 is 0 Å². The first-order valence-electron chi connectivity index (χ1n) is 7.29. The molecule has 120 valence electrons. The number of pyridine rings is 1. The molecule has 0 spiro atoms. The fraction of sp³-hybridized carbons (Fsp3) is 0.312. The molecule has 1 N–H and O–H groups in total. The molecule has 0 aliphatic rings. The summed E-state index contributed by atoms with van der Waals surface area (Å²) >= 11 is 0. The lowest BCUT2D eigenvalue weighted by Crippen LogP contribution is -2.36. The molecule has 1 amide bonds. The monoisotopic (exact) mass is 314 g/mol. The van der Waals surface area contributed by atoms with Crippen molar-refractivity contribution in [3.05, 3.63) is 46.5 Å². The van der Waals surface area contributed by atoms with Gasteiger partial charge in [0.1, 0.15) is 17.0 Å². The molecule has 1 unspecified atom stereocenters. The molecular weight excluding hydrogens is 296 g/mol. The van der Waals surface area contributed by atoms with E-state index in [1.165, 1.54) is 4.40 Å². The van der Waals surface area contributed by atoms with Crippen molar-refractivity contribution in [2.75, 3.05) is 13.7 Å². The first-order chi connectivity index (χ1) is 11.0. The van der Waals surface area contributed by atoms with E-state index in [0.29, 0.717) is 29.0 Å². The first kappa shape index (κ1) is 15.2. The maximum atomic E-state index is 12.6. The second kappa shape index (κ2) is 5.85. The van der Waals surface area contributed by atoms with Gasteiger partial charge in [-0.25, -0.2) is 4.98 Å². The lowest BCUT2D eigenvalue weighted by atomic mass is 10.3. The van der Waals surface area contributed by atoms with Crippen molar-refractivity contribution in [1.82, 2.24) is 19.3 Å². The van der Waals surface area contributed by atoms with Gasteiger partial charge < -0.3 is 14.6 Å². The quantitative estimate of drug-likeness (QED) is 0.778. The van der Waals surface area contributed by atoms with Gasteiger partial charge in [-0.15, -0.1) is 0 Å². The Balaban J connectivity index is 2.11. The second-order valence-corrected chi connectivity index (χ2v) is 5.50. The summed E-state index contributed by atoms with van der Waals surface area (Å²) in [7, 11) is 3.31. The summed E-state index contributed by atoms with van der Waals surface area (Å²) in [5.41, 5.74) is 1.24. The van der Waals surface area contributed by atoms with Crippen LogP contribution in [-0.2, 0) is 11.8 Å². The predicted octanol–water partition coefficient (Wildman–Crippen LogP) is 0.951. The van der Waals surface area contributed by atoms with Crippen LogP contribution in [0, 0.1) is 0 Å². The van der Waals surface area contributed by atoms with E-state index in [4.69, 9.17) is 4.74 Å². The zero-order chi connectivity index (χ0) is 16.6. The van der Waals surface area contributed by atoms with Crippen molar-refractivity contribution < 1.29 is 9.53 Å². The van der Waals surface area contributed by atoms with Gasteiger partial charge in [0.2, 0.25) is 0 Å². The van der Waals surface area contributed by atoms with Crippen LogP contribution in [0.25, 0.3) is 16.7 Å². The van der Waals surface area contributed by atoms with Crippen molar-refractivity contribution in [2.45, 2.75) is 13.0 Å². The molecule has 23 heavy (non-hydrogen) atoms. The van der Waals surface area contributed by atoms with Crippen LogP contribution in [0.5, 0.6) is 0 Å². The molecule has 0 fully saturated rings. The number of ether oxygens (including phenoxy) is 1. The minimum absolute atomic E-state index is 0.126. The lowest BCUT2D eigenvalue weighted by Gasteiger charge is -2.12. The summed E-state index contributed by atoms with van der Waals surface area (Å²) in [6, 6.07) is 6.80. The Kier molecular flexibility index (Phi) is 3.87. The van der Waals surface area contributed by atoms with Gasteiger partial charge in [-0.2, -0.15) is 0 Å². The molecule has 3 aromatic heterocycles. The standard InChI is InChI=1S/C16H18N4O3/c1-10(9-23-3)17-15(21)12-8-11-14(19(12)2)18-13-6-4-5-7-20(13)16(11)22/h4-8,10H,9H2,1-3H3,(H,17,21). The Morgan fingerprint density at radius 1 is 1.43 bits per heavy atom. The van der Waals surface area contributed by atoms with E-state index in [0.717, 1.165) is 0 Å². The average molecular weight is 314 g/mol. The zero-order valence-corrected chi connectivity index (χ0v) is 13.2. The number of hydrogen-bond donors (Lipinski definition) is 1. The third kappa shape index (κ3) is 2.59. The van der Waals surface area contributed by atoms with Crippen molar-refractivity contribution in [2.24, 2.45) is 7.05 Å². The van der Waals surface area contributed by atoms with Gasteiger partial charge in [-0.3, -0.25) is 14.0 Å². The van der Waals surface area contributed by atoms with E-state index in [1.54, 1.807) is 43.1 Å². The number of methoxy groups -OCH3 is 1. The summed E-state index contributed by atoms with van der Waals surface area (Å²) in [4.78, 5) is 29.4. The summed E-state index contributed by atoms with van der Waals surface area (Å²) in [6.07, 6.45) is 1.66. The number of hydrogen-bond acceptors (Lipinski definition) is 4. The smallest absolute Gasteiger partial charge is 0.268 e. The van der Waals surface area contributed by atoms with E-state index < -0.39 is 0 Å². The fourth-order valence-corrected chi connectivity index (χ4v) is 2.63. The van der Waals surface area contributed by atoms with Crippen molar-refractivity contribution in [3.63, 3.8) is 0 Å². The Labute approximate surface area is 132 Å². The molecule has 0 aromatic carbocycles. The van der Waals surface area contributed by atoms with Crippen molar-refractivity contribution in [3.8, 4) is 0 Å². The van der Waals surface area contributed by atoms with Crippen LogP contribution in [0.2, 0.25) is 0 Å². The minimum Gasteiger partial charge on any atom is -0.383 e. The lowest BCUT2D eigenvalue weighted by molar-refractivity contribution is 0.0898. The Bertz CT molecular complexity index is 942. The van der Waals surface area contributed by atoms with Crippen LogP contribution < -0.4 is 10.9 Å². The number of nitrogens with one attached hydrogen (secondary N) is 1. The number of aryl methyl sites for hydroxylation is 1. The van der Waals surface area contributed by atoms with Gasteiger partial charge in [0, 0.05) is 26.4 Å². The van der Waals surface area contributed by atoms with E-state index in [-0.39, 0.29) is 17.5 Å². The second-order valence-electron chi connectivity index (χ2n) is 5.50. The SMILES string of the molecule is COCC(C)NC(=O)c1cc2c(=O)n3ccccc3nc2n1C. The van der Waals surface area contributed by atoms with Crippen LogP contribution in [0.15, 0.2) is 35.3 Å². The maximum absolute atomic E-state index is 12.6. The molecule has 3 rings (SSSR count). The van der Waals surface area contributed by atoms with E-state index in [2.05, 4.69) is 10.3 Å². The van der Waals surface area contributed by atoms with Crippen LogP contribution in [0.3, 0.4) is 0 Å². The number of aromatic nitrogens is 3. The van der Waals surface area contributed by atoms with E-state index in [9.17, 15) is 9.59 Å². The number of amides is 1. The first-order valence-corrected chi connectivity index (χ1v) is 7.29. The Morgan fingerprint density at radius 3 is 2.96 bits per heavy atom. The van der Waals surface area contributed by atoms with E-state index in [1.807, 2.05) is 13.0 Å². The third-order valence-electron chi connectivity index (χ3n) is 3.74. The highest BCUT2D eigenvalue weighted by Gasteiger charge is 2.18. The maximum Gasteiger partial charge on any atom is 0.268 e. The molecule has 7 nitrogen and oxygen atoms in total. The van der Waals surface area contributed by atoms with Crippen LogP contribution in [0.4, 0.5) is 0 Å². The topological polar surface area (TPSA) is 77.6 Å². The highest BCUT2D eigenvalue weighted by atomic mass is 16.5. The van der Waals surface area contributed by atoms with Crippen molar-refractivity contribution in [1.29, 1.82) is 0 Å². The van der Waals surface area contributed by atoms with Gasteiger partial charge in [-0.1, -0.05) is 6.07 Å². The summed E-state index contributed by atoms with van der Waals surface area (Å²) < 4.78 is 8.12. The van der Waals surface area contributed by atoms with Gasteiger partial charge in [0.15, 0.2) is 0 Å². The highest BCUT2D eigenvalue weighted by molar-refractivity contribution is 5.98. The Morgan fingerprint density at radius 2 is 2.22 bits per heavy atom. The summed E-state index contributed by atoms with van der Waals surface area (Å²) in [5, 5.41) is 3.26. The predicted molar refractivity (Wildman–Crippen MR) is 86.7 cm³/mol. The molecule has 1 atom stereocenters. The molecule has 3 heterocycles. The molecule has 0 saturated heterocycles. The van der Waals surface area contributed by atoms with Gasteiger partial charge in [-0.05, 0) is 25.1 Å². The Hall–Kier alpha value is -2.67. The normalized spacial score (nSPS) is 12.7. The summed E-state index contributed by atoms with van der Waals surface area (Å²) in [6.45, 7) is 2.27. The molecule has 0 radical (unpaired) electrons. The third-order valence-corrected chi connectivity index (χ3v) is 3.74. The zero-order valence-electron chi connectivity index (χ0n) is 13.2. The largest absolute Gasteiger partial charge is 0.383 e. The summed E-state index contributed by atoms with van der Waals surface area (Å²) in [5.74, 6) is -0.261. The molecule has 0 saturated carbocycles. The van der Waals surface area contributed by atoms with Crippen LogP contribution in [-0.4, -0.2) is 39.6 Å². The molecule has 3 aromatic rings. The number of carbonyl (C=O) groups is 1. The number of carbonyl (C=O) groups excluding carboxylic acids is 1. The van der Waals surface area contributed by atoms with Crippen LogP contribution in [0.1, 0.15) is 17.4 Å². The molecule has 0 bridgehead atoms. The number of rotatable bonds is 4. The van der Waals surface area contributed by atoms with E-state index >= 15 is 0 Å². The van der Waals surface area contributed by atoms with Gasteiger partial charge in [0.05, 0.1) is 12.0 Å². The van der Waals surface area contributed by atoms with Gasteiger partial charge >= 0.3 is 0 Å². The van der Waals surface area contributed by atoms with Gasteiger partial charge in [0.25, 0.3) is 11.5 Å². The molecule has 0 aliphatic carbocycles. The highest BCUT2D eigenvalue weighted by Crippen LogP contribution is 2.15. The number of fused-ring (bicyclic) bond motifs is 2. The number of nitrogens with zero attached hydrogens (tertiary/aromatic N) is 3.